The number of carbonyl (C=O) groups excluding carboxylic acids is 3. The molecule has 1 aliphatic carbocycles. The molecule has 3 aliphatic heterocycles. The molecule has 4 aliphatic rings. The van der Waals surface area contributed by atoms with Crippen molar-refractivity contribution in [2.24, 2.45) is 5.92 Å². The lowest BCUT2D eigenvalue weighted by Crippen LogP contribution is -2.54. The van der Waals surface area contributed by atoms with Crippen LogP contribution in [0.25, 0.3) is 0 Å². The summed E-state index contributed by atoms with van der Waals surface area (Å²) >= 11 is 0. The number of benzene rings is 1. The van der Waals surface area contributed by atoms with Crippen LogP contribution in [0.1, 0.15) is 43.0 Å². The lowest BCUT2D eigenvalue weighted by molar-refractivity contribution is -0.139. The molecule has 0 unspecified atom stereocenters. The van der Waals surface area contributed by atoms with E-state index in [9.17, 15) is 14.4 Å². The zero-order valence-corrected chi connectivity index (χ0v) is 21.4. The largest absolute Gasteiger partial charge is 0.374 e. The highest BCUT2D eigenvalue weighted by molar-refractivity contribution is 5.99. The second-order valence-corrected chi connectivity index (χ2v) is 10.5. The van der Waals surface area contributed by atoms with Gasteiger partial charge in [-0.2, -0.15) is 0 Å². The Kier molecular flexibility index (Phi) is 7.60. The van der Waals surface area contributed by atoms with E-state index in [1.54, 1.807) is 4.90 Å². The van der Waals surface area contributed by atoms with Gasteiger partial charge < -0.3 is 29.5 Å². The Balaban J connectivity index is 1.30. The number of likely N-dealkylation sites (N-methyl/N-ethyl adjacent to an activating group) is 1. The zero-order valence-electron chi connectivity index (χ0n) is 21.4. The number of ether oxygens (including phenoxy) is 2. The van der Waals surface area contributed by atoms with Crippen LogP contribution in [0.15, 0.2) is 24.3 Å². The van der Waals surface area contributed by atoms with Crippen LogP contribution in [0.2, 0.25) is 0 Å². The second-order valence-electron chi connectivity index (χ2n) is 10.5. The van der Waals surface area contributed by atoms with Gasteiger partial charge in [0.25, 0.3) is 5.91 Å². The van der Waals surface area contributed by atoms with Crippen molar-refractivity contribution >= 4 is 23.3 Å². The Hall–Kier alpha value is -2.49. The van der Waals surface area contributed by atoms with Gasteiger partial charge >= 0.3 is 0 Å². The number of nitrogens with zero attached hydrogens (tertiary/aromatic N) is 3. The van der Waals surface area contributed by atoms with Crippen LogP contribution in [0.3, 0.4) is 0 Å². The molecule has 196 valence electrons. The summed E-state index contributed by atoms with van der Waals surface area (Å²) in [6.45, 7) is 6.66. The van der Waals surface area contributed by atoms with Gasteiger partial charge in [0, 0.05) is 44.0 Å². The third-order valence-electron chi connectivity index (χ3n) is 8.22. The molecule has 36 heavy (non-hydrogen) atoms. The number of piperazine rings is 1. The molecule has 1 aromatic rings. The molecule has 0 spiro atoms. The molecule has 0 bridgehead atoms. The molecule has 1 aromatic carbocycles. The van der Waals surface area contributed by atoms with Crippen LogP contribution in [0, 0.1) is 5.92 Å². The van der Waals surface area contributed by atoms with Crippen molar-refractivity contribution in [3.8, 4) is 0 Å². The molecule has 9 nitrogen and oxygen atoms in total. The average molecular weight is 499 g/mol. The standard InChI is InChI=1S/C27H38N4O5/c1-3-35-22-16-31(24-21(32)17-36-25(22)24)27(34)23(18-6-4-5-7-18)28-26(33)19-8-10-20(11-9-19)30-14-12-29(2)13-15-30/h8-11,18,22-25H,3-7,12-17H2,1-2H3,(H,28,33)/t22-,23-,24+,25+/m0/s1. The summed E-state index contributed by atoms with van der Waals surface area (Å²) in [6, 6.07) is 6.36. The Morgan fingerprint density at radius 3 is 2.47 bits per heavy atom. The van der Waals surface area contributed by atoms with Crippen molar-refractivity contribution in [2.75, 3.05) is 57.9 Å². The number of hydrogen-bond acceptors (Lipinski definition) is 7. The first-order chi connectivity index (χ1) is 17.5. The van der Waals surface area contributed by atoms with Crippen LogP contribution >= 0.6 is 0 Å². The van der Waals surface area contributed by atoms with Gasteiger partial charge in [-0.05, 0) is 57.0 Å². The maximum absolute atomic E-state index is 13.9. The van der Waals surface area contributed by atoms with Crippen LogP contribution in [-0.2, 0) is 19.1 Å². The highest BCUT2D eigenvalue weighted by Gasteiger charge is 2.54. The quantitative estimate of drug-likeness (QED) is 0.606. The van der Waals surface area contributed by atoms with Gasteiger partial charge in [0.15, 0.2) is 5.78 Å². The summed E-state index contributed by atoms with van der Waals surface area (Å²) in [7, 11) is 2.13. The van der Waals surface area contributed by atoms with E-state index >= 15 is 0 Å². The minimum Gasteiger partial charge on any atom is -0.374 e. The van der Waals surface area contributed by atoms with Crippen molar-refractivity contribution in [3.05, 3.63) is 29.8 Å². The lowest BCUT2D eigenvalue weighted by Gasteiger charge is -2.34. The molecule has 2 amide bonds. The fourth-order valence-corrected chi connectivity index (χ4v) is 6.16. The van der Waals surface area contributed by atoms with E-state index in [4.69, 9.17) is 9.47 Å². The first-order valence-electron chi connectivity index (χ1n) is 13.4. The van der Waals surface area contributed by atoms with Crippen LogP contribution < -0.4 is 10.2 Å². The Bertz CT molecular complexity index is 955. The Labute approximate surface area is 213 Å². The number of nitrogens with one attached hydrogen (secondary N) is 1. The predicted octanol–water partition coefficient (Wildman–Crippen LogP) is 1.31. The molecule has 9 heteroatoms. The number of ketones is 1. The molecule has 0 aromatic heterocycles. The summed E-state index contributed by atoms with van der Waals surface area (Å²) in [5.74, 6) is -0.476. The normalized spacial score (nSPS) is 27.9. The third-order valence-corrected chi connectivity index (χ3v) is 8.22. The highest BCUT2D eigenvalue weighted by atomic mass is 16.6. The van der Waals surface area contributed by atoms with Crippen LogP contribution in [-0.4, -0.2) is 105 Å². The maximum Gasteiger partial charge on any atom is 0.251 e. The minimum absolute atomic E-state index is 0.00277. The van der Waals surface area contributed by atoms with Crippen molar-refractivity contribution in [3.63, 3.8) is 0 Å². The number of Topliss-reactive ketones (excluding diaryl/α,β-unsaturated/α-hetero) is 1. The second kappa shape index (κ2) is 10.9. The van der Waals surface area contributed by atoms with Crippen LogP contribution in [0.5, 0.6) is 0 Å². The summed E-state index contributed by atoms with van der Waals surface area (Å²) in [5.41, 5.74) is 1.64. The van der Waals surface area contributed by atoms with Crippen molar-refractivity contribution < 1.29 is 23.9 Å². The highest BCUT2D eigenvalue weighted by Crippen LogP contribution is 2.34. The number of amides is 2. The number of likely N-dealkylation sites (tertiary alicyclic amines) is 1. The smallest absolute Gasteiger partial charge is 0.251 e. The third kappa shape index (κ3) is 5.01. The molecule has 1 N–H and O–H groups in total. The van der Waals surface area contributed by atoms with Crippen molar-refractivity contribution in [2.45, 2.75) is 56.9 Å². The lowest BCUT2D eigenvalue weighted by atomic mass is 9.95. The van der Waals surface area contributed by atoms with Gasteiger partial charge in [0.2, 0.25) is 5.91 Å². The Morgan fingerprint density at radius 2 is 1.81 bits per heavy atom. The van der Waals surface area contributed by atoms with E-state index < -0.39 is 18.2 Å². The number of carbonyl (C=O) groups is 3. The minimum atomic E-state index is -0.660. The summed E-state index contributed by atoms with van der Waals surface area (Å²) in [5, 5.41) is 3.05. The fourth-order valence-electron chi connectivity index (χ4n) is 6.16. The topological polar surface area (TPSA) is 91.4 Å². The van der Waals surface area contributed by atoms with Gasteiger partial charge in [-0.1, -0.05) is 12.8 Å². The molecule has 4 fully saturated rings. The van der Waals surface area contributed by atoms with E-state index in [-0.39, 0.29) is 36.2 Å². The summed E-state index contributed by atoms with van der Waals surface area (Å²) in [6.07, 6.45) is 3.11. The molecule has 4 atom stereocenters. The Morgan fingerprint density at radius 1 is 1.11 bits per heavy atom. The average Bonchev–Trinajstić information content (AvgIpc) is 3.63. The van der Waals surface area contributed by atoms with E-state index in [0.717, 1.165) is 57.5 Å². The molecule has 0 radical (unpaired) electrons. The van der Waals surface area contributed by atoms with Gasteiger partial charge in [-0.15, -0.1) is 0 Å². The van der Waals surface area contributed by atoms with Crippen molar-refractivity contribution in [1.29, 1.82) is 0 Å². The number of rotatable bonds is 7. The zero-order chi connectivity index (χ0) is 25.2. The SMILES string of the molecule is CCO[C@H]1CN(C(=O)[C@@H](NC(=O)c2ccc(N3CCN(C)CC3)cc2)C2CCCC2)[C@@H]2C(=O)CO[C@H]12. The monoisotopic (exact) mass is 498 g/mol. The molecule has 3 saturated heterocycles. The fraction of sp³-hybridized carbons (Fsp3) is 0.667. The molecule has 5 rings (SSSR count). The van der Waals surface area contributed by atoms with E-state index in [2.05, 4.69) is 22.2 Å². The molecule has 3 heterocycles. The summed E-state index contributed by atoms with van der Waals surface area (Å²) < 4.78 is 11.5. The maximum atomic E-state index is 13.9. The molecular weight excluding hydrogens is 460 g/mol. The number of anilines is 1. The first kappa shape index (κ1) is 25.2. The predicted molar refractivity (Wildman–Crippen MR) is 135 cm³/mol. The van der Waals surface area contributed by atoms with E-state index in [1.807, 2.05) is 31.2 Å². The van der Waals surface area contributed by atoms with Gasteiger partial charge in [-0.25, -0.2) is 0 Å². The van der Waals surface area contributed by atoms with Gasteiger partial charge in [0.1, 0.15) is 30.9 Å². The number of hydrogen-bond donors (Lipinski definition) is 1. The van der Waals surface area contributed by atoms with Gasteiger partial charge in [0.05, 0.1) is 6.54 Å². The van der Waals surface area contributed by atoms with E-state index in [0.29, 0.717) is 18.7 Å². The van der Waals surface area contributed by atoms with Crippen LogP contribution in [0.4, 0.5) is 5.69 Å². The molecule has 1 saturated carbocycles. The van der Waals surface area contributed by atoms with Gasteiger partial charge in [-0.3, -0.25) is 14.4 Å². The first-order valence-corrected chi connectivity index (χ1v) is 13.4. The van der Waals surface area contributed by atoms with Crippen molar-refractivity contribution in [1.82, 2.24) is 15.1 Å². The van der Waals surface area contributed by atoms with E-state index in [1.165, 1.54) is 0 Å². The molecular formula is C27H38N4O5. The summed E-state index contributed by atoms with van der Waals surface area (Å²) in [4.78, 5) is 46.0. The number of fused-ring (bicyclic) bond motifs is 1.